The van der Waals surface area contributed by atoms with E-state index in [1.54, 1.807) is 36.8 Å². The molecule has 20 heavy (non-hydrogen) atoms. The van der Waals surface area contributed by atoms with Gasteiger partial charge in [-0.2, -0.15) is 5.26 Å². The van der Waals surface area contributed by atoms with Crippen molar-refractivity contribution in [1.82, 2.24) is 24.6 Å². The molecule has 8 heteroatoms. The van der Waals surface area contributed by atoms with Gasteiger partial charge in [-0.25, -0.2) is 9.67 Å². The van der Waals surface area contributed by atoms with Gasteiger partial charge in [0.05, 0.1) is 0 Å². The molecule has 1 aliphatic heterocycles. The summed E-state index contributed by atoms with van der Waals surface area (Å²) in [4.78, 5) is 31.3. The number of rotatable bonds is 2. The second-order valence-corrected chi connectivity index (χ2v) is 5.21. The number of carbonyl (C=O) groups is 2. The van der Waals surface area contributed by atoms with Crippen molar-refractivity contribution in [1.29, 1.82) is 5.26 Å². The molecule has 2 heterocycles. The van der Waals surface area contributed by atoms with Gasteiger partial charge >= 0.3 is 0 Å². The summed E-state index contributed by atoms with van der Waals surface area (Å²) in [6, 6.07) is 1.80. The molecule has 0 N–H and O–H groups in total. The topological polar surface area (TPSA) is 95.1 Å². The Morgan fingerprint density at radius 1 is 1.50 bits per heavy atom. The van der Waals surface area contributed by atoms with E-state index in [0.717, 1.165) is 0 Å². The maximum absolute atomic E-state index is 12.3. The van der Waals surface area contributed by atoms with E-state index < -0.39 is 5.54 Å². The van der Waals surface area contributed by atoms with Crippen LogP contribution >= 0.6 is 0 Å². The number of hydrogen-bond donors (Lipinski definition) is 0. The maximum Gasteiger partial charge on any atom is 0.252 e. The van der Waals surface area contributed by atoms with Gasteiger partial charge in [-0.05, 0) is 13.8 Å². The van der Waals surface area contributed by atoms with Crippen molar-refractivity contribution in [3.05, 3.63) is 12.2 Å². The average Bonchev–Trinajstić information content (AvgIpc) is 2.83. The number of aromatic nitrogens is 3. The molecule has 1 fully saturated rings. The summed E-state index contributed by atoms with van der Waals surface area (Å²) in [5.41, 5.74) is -0.872. The lowest BCUT2D eigenvalue weighted by Gasteiger charge is -2.44. The van der Waals surface area contributed by atoms with E-state index in [1.165, 1.54) is 11.0 Å². The van der Waals surface area contributed by atoms with Crippen LogP contribution in [0, 0.1) is 11.3 Å². The van der Waals surface area contributed by atoms with Crippen molar-refractivity contribution in [2.24, 2.45) is 0 Å². The van der Waals surface area contributed by atoms with E-state index in [2.05, 4.69) is 10.1 Å². The van der Waals surface area contributed by atoms with Crippen LogP contribution in [-0.4, -0.2) is 62.1 Å². The first-order chi connectivity index (χ1) is 9.36. The first-order valence-corrected chi connectivity index (χ1v) is 6.22. The van der Waals surface area contributed by atoms with Gasteiger partial charge in [0.25, 0.3) is 5.82 Å². The van der Waals surface area contributed by atoms with Gasteiger partial charge in [-0.3, -0.25) is 9.59 Å². The standard InChI is InChI=1S/C12H16N6O2/c1-12(2)11(20)16(3)4-5-18(12)10(19)7-17-8-14-9(6-13)15-17/h8H,4-5,7H2,1-3H3. The highest BCUT2D eigenvalue weighted by Gasteiger charge is 2.42. The zero-order valence-electron chi connectivity index (χ0n) is 11.7. The van der Waals surface area contributed by atoms with Crippen LogP contribution in [0.5, 0.6) is 0 Å². The van der Waals surface area contributed by atoms with Crippen molar-refractivity contribution < 1.29 is 9.59 Å². The van der Waals surface area contributed by atoms with E-state index in [-0.39, 0.29) is 24.2 Å². The van der Waals surface area contributed by atoms with Crippen LogP contribution in [0.4, 0.5) is 0 Å². The van der Waals surface area contributed by atoms with Crippen LogP contribution in [0.3, 0.4) is 0 Å². The molecule has 2 amide bonds. The van der Waals surface area contributed by atoms with Crippen LogP contribution in [0.1, 0.15) is 19.7 Å². The molecule has 0 unspecified atom stereocenters. The minimum Gasteiger partial charge on any atom is -0.342 e. The zero-order chi connectivity index (χ0) is 14.9. The zero-order valence-corrected chi connectivity index (χ0v) is 11.7. The fourth-order valence-corrected chi connectivity index (χ4v) is 2.30. The second kappa shape index (κ2) is 4.92. The highest BCUT2D eigenvalue weighted by Crippen LogP contribution is 2.21. The molecular formula is C12H16N6O2. The highest BCUT2D eigenvalue weighted by molar-refractivity contribution is 5.91. The monoisotopic (exact) mass is 276 g/mol. The Bertz CT molecular complexity index is 585. The summed E-state index contributed by atoms with van der Waals surface area (Å²) in [5, 5.41) is 12.5. The van der Waals surface area contributed by atoms with Gasteiger partial charge in [-0.1, -0.05) is 0 Å². The molecule has 0 aromatic carbocycles. The van der Waals surface area contributed by atoms with E-state index in [4.69, 9.17) is 5.26 Å². The molecule has 0 atom stereocenters. The van der Waals surface area contributed by atoms with Crippen molar-refractivity contribution >= 4 is 11.8 Å². The molecule has 2 rings (SSSR count). The lowest BCUT2D eigenvalue weighted by atomic mass is 9.97. The van der Waals surface area contributed by atoms with Crippen molar-refractivity contribution in [2.75, 3.05) is 20.1 Å². The number of nitrogens with zero attached hydrogens (tertiary/aromatic N) is 6. The summed E-state index contributed by atoms with van der Waals surface area (Å²) in [6.45, 7) is 4.41. The van der Waals surface area contributed by atoms with Crippen LogP contribution in [0.15, 0.2) is 6.33 Å². The summed E-state index contributed by atoms with van der Waals surface area (Å²) >= 11 is 0. The largest absolute Gasteiger partial charge is 0.342 e. The third kappa shape index (κ3) is 2.34. The Kier molecular flexibility index (Phi) is 3.44. The molecule has 1 aromatic rings. The summed E-state index contributed by atoms with van der Waals surface area (Å²) < 4.78 is 1.31. The van der Waals surface area contributed by atoms with E-state index in [9.17, 15) is 9.59 Å². The Labute approximate surface area is 116 Å². The molecule has 0 saturated carbocycles. The molecule has 0 radical (unpaired) electrons. The number of hydrogen-bond acceptors (Lipinski definition) is 5. The fraction of sp³-hybridized carbons (Fsp3) is 0.583. The molecular weight excluding hydrogens is 260 g/mol. The lowest BCUT2D eigenvalue weighted by Crippen LogP contribution is -2.64. The smallest absolute Gasteiger partial charge is 0.252 e. The number of likely N-dealkylation sites (N-methyl/N-ethyl adjacent to an activating group) is 1. The van der Waals surface area contributed by atoms with Crippen molar-refractivity contribution in [3.8, 4) is 6.07 Å². The average molecular weight is 276 g/mol. The molecule has 106 valence electrons. The summed E-state index contributed by atoms with van der Waals surface area (Å²) in [7, 11) is 1.72. The van der Waals surface area contributed by atoms with E-state index >= 15 is 0 Å². The third-order valence-electron chi connectivity index (χ3n) is 3.44. The molecule has 0 bridgehead atoms. The van der Waals surface area contributed by atoms with E-state index in [0.29, 0.717) is 13.1 Å². The van der Waals surface area contributed by atoms with E-state index in [1.807, 2.05) is 0 Å². The van der Waals surface area contributed by atoms with Crippen LogP contribution in [0.25, 0.3) is 0 Å². The van der Waals surface area contributed by atoms with Crippen molar-refractivity contribution in [3.63, 3.8) is 0 Å². The van der Waals surface area contributed by atoms with Gasteiger partial charge in [0.1, 0.15) is 24.5 Å². The highest BCUT2D eigenvalue weighted by atomic mass is 16.2. The molecule has 1 aromatic heterocycles. The van der Waals surface area contributed by atoms with Crippen LogP contribution in [0.2, 0.25) is 0 Å². The molecule has 0 spiro atoms. The minimum absolute atomic E-state index is 0.0199. The third-order valence-corrected chi connectivity index (χ3v) is 3.44. The van der Waals surface area contributed by atoms with Gasteiger partial charge in [0.15, 0.2) is 0 Å². The Hall–Kier alpha value is -2.43. The Morgan fingerprint density at radius 3 is 2.80 bits per heavy atom. The first kappa shape index (κ1) is 14.0. The Morgan fingerprint density at radius 2 is 2.20 bits per heavy atom. The Balaban J connectivity index is 2.13. The minimum atomic E-state index is -0.872. The second-order valence-electron chi connectivity index (χ2n) is 5.21. The normalized spacial score (nSPS) is 18.0. The van der Waals surface area contributed by atoms with Crippen LogP contribution < -0.4 is 0 Å². The quantitative estimate of drug-likeness (QED) is 0.706. The predicted molar refractivity (Wildman–Crippen MR) is 68.2 cm³/mol. The summed E-state index contributed by atoms with van der Waals surface area (Å²) in [5.74, 6) is -0.286. The number of nitriles is 1. The lowest BCUT2D eigenvalue weighted by molar-refractivity contribution is -0.157. The molecule has 1 saturated heterocycles. The fourth-order valence-electron chi connectivity index (χ4n) is 2.30. The molecule has 1 aliphatic rings. The molecule has 8 nitrogen and oxygen atoms in total. The summed E-state index contributed by atoms with van der Waals surface area (Å²) in [6.07, 6.45) is 1.33. The van der Waals surface area contributed by atoms with Gasteiger partial charge in [0.2, 0.25) is 11.8 Å². The van der Waals surface area contributed by atoms with Gasteiger partial charge in [0, 0.05) is 20.1 Å². The maximum atomic E-state index is 12.3. The molecule has 0 aliphatic carbocycles. The predicted octanol–water partition coefficient (Wildman–Crippen LogP) is -0.771. The number of carbonyl (C=O) groups excluding carboxylic acids is 2. The first-order valence-electron chi connectivity index (χ1n) is 6.22. The SMILES string of the molecule is CN1CCN(C(=O)Cn2cnc(C#N)n2)C(C)(C)C1=O. The number of amides is 2. The number of piperazine rings is 1. The van der Waals surface area contributed by atoms with Gasteiger partial charge in [-0.15, -0.1) is 5.10 Å². The van der Waals surface area contributed by atoms with Crippen LogP contribution in [-0.2, 0) is 16.1 Å². The van der Waals surface area contributed by atoms with Crippen molar-refractivity contribution in [2.45, 2.75) is 25.9 Å². The van der Waals surface area contributed by atoms with Gasteiger partial charge < -0.3 is 9.80 Å².